The fourth-order valence-corrected chi connectivity index (χ4v) is 1.47. The Kier molecular flexibility index (Phi) is 3.54. The molecule has 1 aromatic rings. The van der Waals surface area contributed by atoms with E-state index in [9.17, 15) is 13.2 Å². The van der Waals surface area contributed by atoms with Crippen molar-refractivity contribution in [1.29, 1.82) is 0 Å². The summed E-state index contributed by atoms with van der Waals surface area (Å²) in [5, 5.41) is 0. The molecule has 0 spiro atoms. The van der Waals surface area contributed by atoms with E-state index in [0.717, 1.165) is 12.3 Å². The van der Waals surface area contributed by atoms with Gasteiger partial charge in [-0.1, -0.05) is 13.8 Å². The zero-order valence-electron chi connectivity index (χ0n) is 9.01. The Morgan fingerprint density at radius 3 is 2.44 bits per heavy atom. The molecule has 0 amide bonds. The van der Waals surface area contributed by atoms with Crippen molar-refractivity contribution in [2.24, 2.45) is 5.90 Å². The summed E-state index contributed by atoms with van der Waals surface area (Å²) in [6.45, 7) is 3.22. The summed E-state index contributed by atoms with van der Waals surface area (Å²) in [5.74, 6) is 4.91. The third-order valence-corrected chi connectivity index (χ3v) is 2.30. The number of nitrogens with two attached hydrogens (primary N) is 1. The summed E-state index contributed by atoms with van der Waals surface area (Å²) in [5.41, 5.74) is -1.47. The van der Waals surface area contributed by atoms with Crippen LogP contribution in [-0.2, 0) is 16.4 Å². The molecule has 0 aliphatic heterocycles. The number of hydrogen-bond donors (Lipinski definition) is 1. The van der Waals surface area contributed by atoms with Crippen LogP contribution in [0.15, 0.2) is 18.5 Å². The zero-order valence-corrected chi connectivity index (χ0v) is 9.01. The molecule has 0 aliphatic rings. The van der Waals surface area contributed by atoms with Gasteiger partial charge in [-0.3, -0.25) is 4.98 Å². The third kappa shape index (κ3) is 2.70. The maximum atomic E-state index is 12.7. The fourth-order valence-electron chi connectivity index (χ4n) is 1.47. The number of nitrogens with zero attached hydrogens (tertiary/aromatic N) is 1. The number of alkyl halides is 3. The maximum absolute atomic E-state index is 12.7. The van der Waals surface area contributed by atoms with Gasteiger partial charge in [0.2, 0.25) is 0 Å². The quantitative estimate of drug-likeness (QED) is 0.816. The molecule has 0 unspecified atom stereocenters. The van der Waals surface area contributed by atoms with E-state index in [-0.39, 0.29) is 12.2 Å². The third-order valence-electron chi connectivity index (χ3n) is 2.30. The number of pyridine rings is 1. The second kappa shape index (κ2) is 4.39. The van der Waals surface area contributed by atoms with Gasteiger partial charge in [0.15, 0.2) is 0 Å². The van der Waals surface area contributed by atoms with Gasteiger partial charge in [-0.2, -0.15) is 13.2 Å². The van der Waals surface area contributed by atoms with Gasteiger partial charge < -0.3 is 4.84 Å². The van der Waals surface area contributed by atoms with Crippen LogP contribution in [0, 0.1) is 0 Å². The molecule has 6 heteroatoms. The molecule has 1 rings (SSSR count). The molecule has 0 aliphatic carbocycles. The van der Waals surface area contributed by atoms with E-state index in [2.05, 4.69) is 9.82 Å². The minimum Gasteiger partial charge on any atom is -0.304 e. The van der Waals surface area contributed by atoms with Gasteiger partial charge in [0.25, 0.3) is 0 Å². The first kappa shape index (κ1) is 12.9. The molecule has 0 aromatic carbocycles. The van der Waals surface area contributed by atoms with E-state index in [4.69, 9.17) is 5.90 Å². The first-order valence-corrected chi connectivity index (χ1v) is 4.62. The van der Waals surface area contributed by atoms with Crippen molar-refractivity contribution in [1.82, 2.24) is 4.98 Å². The van der Waals surface area contributed by atoms with E-state index in [1.807, 2.05) is 0 Å². The number of rotatable bonds is 3. The van der Waals surface area contributed by atoms with Gasteiger partial charge in [-0.05, 0) is 11.6 Å². The van der Waals surface area contributed by atoms with Crippen molar-refractivity contribution in [3.63, 3.8) is 0 Å². The van der Waals surface area contributed by atoms with Crippen molar-refractivity contribution >= 4 is 0 Å². The van der Waals surface area contributed by atoms with E-state index in [1.54, 1.807) is 13.8 Å². The molecule has 0 bridgehead atoms. The molecule has 90 valence electrons. The van der Waals surface area contributed by atoms with E-state index in [0.29, 0.717) is 0 Å². The predicted octanol–water partition coefficient (Wildman–Crippen LogP) is 2.27. The van der Waals surface area contributed by atoms with Gasteiger partial charge in [-0.15, -0.1) is 0 Å². The van der Waals surface area contributed by atoms with Gasteiger partial charge in [-0.25, -0.2) is 5.90 Å². The molecular formula is C10H13F3N2O. The second-order valence-corrected chi connectivity index (χ2v) is 4.11. The Labute approximate surface area is 91.4 Å². The highest BCUT2D eigenvalue weighted by Gasteiger charge is 2.37. The highest BCUT2D eigenvalue weighted by molar-refractivity contribution is 5.32. The van der Waals surface area contributed by atoms with Crippen molar-refractivity contribution in [2.45, 2.75) is 25.4 Å². The predicted molar refractivity (Wildman–Crippen MR) is 52.4 cm³/mol. The Hall–Kier alpha value is -1.14. The van der Waals surface area contributed by atoms with E-state index < -0.39 is 17.2 Å². The first-order chi connectivity index (χ1) is 7.29. The molecule has 0 saturated heterocycles. The topological polar surface area (TPSA) is 48.1 Å². The largest absolute Gasteiger partial charge is 0.416 e. The average Bonchev–Trinajstić information content (AvgIpc) is 2.16. The van der Waals surface area contributed by atoms with Crippen LogP contribution < -0.4 is 5.90 Å². The standard InChI is InChI=1S/C10H13F3N2O/c1-9(2,6-16-14)8-5-15-4-3-7(8)10(11,12)13/h3-5H,6,14H2,1-2H3. The second-order valence-electron chi connectivity index (χ2n) is 4.11. The van der Waals surface area contributed by atoms with Gasteiger partial charge in [0, 0.05) is 17.8 Å². The molecule has 0 fully saturated rings. The molecule has 3 nitrogen and oxygen atoms in total. The van der Waals surface area contributed by atoms with Crippen LogP contribution in [0.25, 0.3) is 0 Å². The monoisotopic (exact) mass is 234 g/mol. The highest BCUT2D eigenvalue weighted by atomic mass is 19.4. The fraction of sp³-hybridized carbons (Fsp3) is 0.500. The summed E-state index contributed by atoms with van der Waals surface area (Å²) < 4.78 is 38.2. The van der Waals surface area contributed by atoms with Crippen molar-refractivity contribution in [3.05, 3.63) is 29.6 Å². The Bertz CT molecular complexity index is 363. The highest BCUT2D eigenvalue weighted by Crippen LogP contribution is 2.36. The van der Waals surface area contributed by atoms with Crippen LogP contribution in [0.5, 0.6) is 0 Å². The van der Waals surface area contributed by atoms with Crippen molar-refractivity contribution in [3.8, 4) is 0 Å². The molecule has 0 saturated carbocycles. The van der Waals surface area contributed by atoms with Gasteiger partial charge in [0.1, 0.15) is 0 Å². The molecule has 1 aromatic heterocycles. The lowest BCUT2D eigenvalue weighted by molar-refractivity contribution is -0.139. The summed E-state index contributed by atoms with van der Waals surface area (Å²) in [4.78, 5) is 8.14. The van der Waals surface area contributed by atoms with Crippen molar-refractivity contribution in [2.75, 3.05) is 6.61 Å². The normalized spacial score (nSPS) is 12.9. The van der Waals surface area contributed by atoms with Crippen LogP contribution in [-0.4, -0.2) is 11.6 Å². The smallest absolute Gasteiger partial charge is 0.304 e. The Morgan fingerprint density at radius 2 is 1.94 bits per heavy atom. The number of aromatic nitrogens is 1. The SMILES string of the molecule is CC(C)(CON)c1cnccc1C(F)(F)F. The minimum absolute atomic E-state index is 0.0121. The Balaban J connectivity index is 3.23. The molecule has 0 atom stereocenters. The van der Waals surface area contributed by atoms with Crippen molar-refractivity contribution < 1.29 is 18.0 Å². The van der Waals surface area contributed by atoms with Crippen LogP contribution in [0.4, 0.5) is 13.2 Å². The van der Waals surface area contributed by atoms with Crippen LogP contribution >= 0.6 is 0 Å². The zero-order chi connectivity index (χ0) is 12.4. The maximum Gasteiger partial charge on any atom is 0.416 e. The van der Waals surface area contributed by atoms with E-state index in [1.165, 1.54) is 6.20 Å². The van der Waals surface area contributed by atoms with Gasteiger partial charge >= 0.3 is 6.18 Å². The number of hydrogen-bond acceptors (Lipinski definition) is 3. The van der Waals surface area contributed by atoms with Crippen LogP contribution in [0.3, 0.4) is 0 Å². The summed E-state index contributed by atoms with van der Waals surface area (Å²) in [7, 11) is 0. The van der Waals surface area contributed by atoms with Crippen LogP contribution in [0.2, 0.25) is 0 Å². The van der Waals surface area contributed by atoms with Gasteiger partial charge in [0.05, 0.1) is 12.2 Å². The van der Waals surface area contributed by atoms with E-state index >= 15 is 0 Å². The average molecular weight is 234 g/mol. The Morgan fingerprint density at radius 1 is 1.31 bits per heavy atom. The molecule has 2 N–H and O–H groups in total. The number of halogens is 3. The lowest BCUT2D eigenvalue weighted by atomic mass is 9.83. The molecule has 0 radical (unpaired) electrons. The molecule has 16 heavy (non-hydrogen) atoms. The lowest BCUT2D eigenvalue weighted by Crippen LogP contribution is -2.29. The lowest BCUT2D eigenvalue weighted by Gasteiger charge is -2.26. The molecule has 1 heterocycles. The minimum atomic E-state index is -4.40. The summed E-state index contributed by atoms with van der Waals surface area (Å²) in [6.07, 6.45) is -2.09. The summed E-state index contributed by atoms with van der Waals surface area (Å²) in [6, 6.07) is 0.952. The first-order valence-electron chi connectivity index (χ1n) is 4.62. The molecular weight excluding hydrogens is 221 g/mol. The summed E-state index contributed by atoms with van der Waals surface area (Å²) >= 11 is 0. The van der Waals surface area contributed by atoms with Crippen LogP contribution in [0.1, 0.15) is 25.0 Å².